The maximum absolute atomic E-state index is 5.55. The van der Waals surface area contributed by atoms with Gasteiger partial charge in [-0.1, -0.05) is 24.6 Å². The Morgan fingerprint density at radius 2 is 2.19 bits per heavy atom. The summed E-state index contributed by atoms with van der Waals surface area (Å²) < 4.78 is 11.0. The Morgan fingerprint density at radius 1 is 1.38 bits per heavy atom. The molecule has 0 radical (unpaired) electrons. The lowest BCUT2D eigenvalue weighted by molar-refractivity contribution is 0.106. The molecule has 0 aromatic heterocycles. The standard InChI is InChI=1S/C17H28N2O2/c1-5-18-16(12-19-9-8-14(11-19)20-3)15-10-13(2)6-7-17(15)21-4/h6-7,10,14,16,18H,5,8-9,11-12H2,1-4H3. The van der Waals surface area contributed by atoms with Crippen molar-refractivity contribution in [3.63, 3.8) is 0 Å². The Balaban J connectivity index is 2.13. The third-order valence-corrected chi connectivity index (χ3v) is 4.21. The number of nitrogens with one attached hydrogen (secondary N) is 1. The Labute approximate surface area is 128 Å². The molecule has 4 nitrogen and oxygen atoms in total. The molecule has 0 aliphatic carbocycles. The highest BCUT2D eigenvalue weighted by Gasteiger charge is 2.26. The van der Waals surface area contributed by atoms with Crippen LogP contribution >= 0.6 is 0 Å². The first-order valence-electron chi connectivity index (χ1n) is 7.81. The fourth-order valence-electron chi connectivity index (χ4n) is 3.06. The minimum absolute atomic E-state index is 0.292. The zero-order valence-electron chi connectivity index (χ0n) is 13.7. The van der Waals surface area contributed by atoms with Gasteiger partial charge in [-0.25, -0.2) is 0 Å². The van der Waals surface area contributed by atoms with Crippen molar-refractivity contribution in [2.24, 2.45) is 0 Å². The van der Waals surface area contributed by atoms with Gasteiger partial charge in [0.2, 0.25) is 0 Å². The van der Waals surface area contributed by atoms with E-state index in [1.165, 1.54) is 11.1 Å². The predicted octanol–water partition coefficient (Wildman–Crippen LogP) is 2.37. The number of hydrogen-bond acceptors (Lipinski definition) is 4. The molecule has 4 heteroatoms. The van der Waals surface area contributed by atoms with Gasteiger partial charge in [0.05, 0.1) is 13.2 Å². The van der Waals surface area contributed by atoms with Crippen molar-refractivity contribution in [2.75, 3.05) is 40.4 Å². The van der Waals surface area contributed by atoms with E-state index in [-0.39, 0.29) is 0 Å². The number of likely N-dealkylation sites (tertiary alicyclic amines) is 1. The molecule has 21 heavy (non-hydrogen) atoms. The van der Waals surface area contributed by atoms with Gasteiger partial charge >= 0.3 is 0 Å². The van der Waals surface area contributed by atoms with Crippen molar-refractivity contribution in [1.82, 2.24) is 10.2 Å². The molecular weight excluding hydrogens is 264 g/mol. The molecule has 2 atom stereocenters. The molecule has 1 N–H and O–H groups in total. The smallest absolute Gasteiger partial charge is 0.123 e. The highest BCUT2D eigenvalue weighted by molar-refractivity contribution is 5.39. The summed E-state index contributed by atoms with van der Waals surface area (Å²) in [6.45, 7) is 8.35. The van der Waals surface area contributed by atoms with Crippen molar-refractivity contribution in [2.45, 2.75) is 32.4 Å². The van der Waals surface area contributed by atoms with Crippen molar-refractivity contribution >= 4 is 0 Å². The van der Waals surface area contributed by atoms with Gasteiger partial charge in [0.1, 0.15) is 5.75 Å². The second-order valence-electron chi connectivity index (χ2n) is 5.76. The van der Waals surface area contributed by atoms with Crippen LogP contribution in [0.5, 0.6) is 5.75 Å². The van der Waals surface area contributed by atoms with E-state index in [0.29, 0.717) is 12.1 Å². The average molecular weight is 292 g/mol. The normalized spacial score (nSPS) is 20.7. The van der Waals surface area contributed by atoms with Crippen LogP contribution in [-0.2, 0) is 4.74 Å². The van der Waals surface area contributed by atoms with Crippen molar-refractivity contribution in [1.29, 1.82) is 0 Å². The molecule has 1 aliphatic heterocycles. The van der Waals surface area contributed by atoms with E-state index < -0.39 is 0 Å². The largest absolute Gasteiger partial charge is 0.496 e. The minimum atomic E-state index is 0.292. The van der Waals surface area contributed by atoms with Gasteiger partial charge in [0.25, 0.3) is 0 Å². The van der Waals surface area contributed by atoms with Crippen molar-refractivity contribution < 1.29 is 9.47 Å². The highest BCUT2D eigenvalue weighted by atomic mass is 16.5. The van der Waals surface area contributed by atoms with E-state index in [2.05, 4.69) is 42.3 Å². The average Bonchev–Trinajstić information content (AvgIpc) is 2.94. The number of rotatable bonds is 7. The molecule has 1 aromatic carbocycles. The number of benzene rings is 1. The number of nitrogens with zero attached hydrogens (tertiary/aromatic N) is 1. The SMILES string of the molecule is CCNC(CN1CCC(OC)C1)c1cc(C)ccc1OC. The maximum atomic E-state index is 5.55. The van der Waals surface area contributed by atoms with Crippen LogP contribution in [0.1, 0.15) is 30.5 Å². The minimum Gasteiger partial charge on any atom is -0.496 e. The number of aryl methyl sites for hydroxylation is 1. The summed E-state index contributed by atoms with van der Waals surface area (Å²) >= 11 is 0. The Bertz CT molecular complexity index is 450. The van der Waals surface area contributed by atoms with E-state index in [1.807, 2.05) is 0 Å². The fourth-order valence-corrected chi connectivity index (χ4v) is 3.06. The van der Waals surface area contributed by atoms with Crippen molar-refractivity contribution in [3.8, 4) is 5.75 Å². The van der Waals surface area contributed by atoms with Gasteiger partial charge in [0, 0.05) is 38.3 Å². The van der Waals surface area contributed by atoms with E-state index in [4.69, 9.17) is 9.47 Å². The molecule has 0 spiro atoms. The molecular formula is C17H28N2O2. The summed E-state index contributed by atoms with van der Waals surface area (Å²) in [6, 6.07) is 6.69. The summed E-state index contributed by atoms with van der Waals surface area (Å²) in [5, 5.41) is 3.60. The van der Waals surface area contributed by atoms with Crippen LogP contribution < -0.4 is 10.1 Å². The summed E-state index contributed by atoms with van der Waals surface area (Å²) in [4.78, 5) is 2.48. The van der Waals surface area contributed by atoms with Crippen LogP contribution in [0.2, 0.25) is 0 Å². The highest BCUT2D eigenvalue weighted by Crippen LogP contribution is 2.28. The summed E-state index contributed by atoms with van der Waals surface area (Å²) in [5.74, 6) is 0.967. The molecule has 2 unspecified atom stereocenters. The fraction of sp³-hybridized carbons (Fsp3) is 0.647. The molecule has 0 saturated carbocycles. The lowest BCUT2D eigenvalue weighted by Crippen LogP contribution is -2.35. The van der Waals surface area contributed by atoms with Gasteiger partial charge < -0.3 is 14.8 Å². The predicted molar refractivity (Wildman–Crippen MR) is 86.0 cm³/mol. The number of likely N-dealkylation sites (N-methyl/N-ethyl adjacent to an activating group) is 1. The van der Waals surface area contributed by atoms with E-state index in [9.17, 15) is 0 Å². The second-order valence-corrected chi connectivity index (χ2v) is 5.76. The Hall–Kier alpha value is -1.10. The van der Waals surface area contributed by atoms with Crippen LogP contribution in [0.25, 0.3) is 0 Å². The Morgan fingerprint density at radius 3 is 2.81 bits per heavy atom. The summed E-state index contributed by atoms with van der Waals surface area (Å²) in [5.41, 5.74) is 2.52. The lowest BCUT2D eigenvalue weighted by atomic mass is 10.0. The quantitative estimate of drug-likeness (QED) is 0.836. The molecule has 0 bridgehead atoms. The molecule has 0 amide bonds. The van der Waals surface area contributed by atoms with Crippen molar-refractivity contribution in [3.05, 3.63) is 29.3 Å². The number of ether oxygens (including phenoxy) is 2. The van der Waals surface area contributed by atoms with Gasteiger partial charge in [-0.05, 0) is 26.0 Å². The molecule has 1 aliphatic rings. The molecule has 1 saturated heterocycles. The zero-order chi connectivity index (χ0) is 15.2. The van der Waals surface area contributed by atoms with Crippen LogP contribution in [0, 0.1) is 6.92 Å². The maximum Gasteiger partial charge on any atom is 0.123 e. The second kappa shape index (κ2) is 7.78. The van der Waals surface area contributed by atoms with Crippen LogP contribution in [0.3, 0.4) is 0 Å². The van der Waals surface area contributed by atoms with E-state index >= 15 is 0 Å². The molecule has 1 heterocycles. The van der Waals surface area contributed by atoms with Crippen LogP contribution in [-0.4, -0.2) is 51.4 Å². The van der Waals surface area contributed by atoms with Gasteiger partial charge in [-0.15, -0.1) is 0 Å². The monoisotopic (exact) mass is 292 g/mol. The molecule has 118 valence electrons. The third kappa shape index (κ3) is 4.19. The zero-order valence-corrected chi connectivity index (χ0v) is 13.7. The first-order valence-corrected chi connectivity index (χ1v) is 7.81. The van der Waals surface area contributed by atoms with Gasteiger partial charge in [-0.3, -0.25) is 4.90 Å². The van der Waals surface area contributed by atoms with Crippen LogP contribution in [0.4, 0.5) is 0 Å². The van der Waals surface area contributed by atoms with Gasteiger partial charge in [-0.2, -0.15) is 0 Å². The first kappa shape index (κ1) is 16.3. The molecule has 1 fully saturated rings. The van der Waals surface area contributed by atoms with Gasteiger partial charge in [0.15, 0.2) is 0 Å². The summed E-state index contributed by atoms with van der Waals surface area (Å²) in [7, 11) is 3.55. The van der Waals surface area contributed by atoms with Crippen LogP contribution in [0.15, 0.2) is 18.2 Å². The number of methoxy groups -OCH3 is 2. The molecule has 2 rings (SSSR count). The summed E-state index contributed by atoms with van der Waals surface area (Å²) in [6.07, 6.45) is 1.51. The van der Waals surface area contributed by atoms with E-state index in [1.54, 1.807) is 14.2 Å². The lowest BCUT2D eigenvalue weighted by Gasteiger charge is -2.26. The number of hydrogen-bond donors (Lipinski definition) is 1. The first-order chi connectivity index (χ1) is 10.2. The topological polar surface area (TPSA) is 33.7 Å². The molecule has 1 aromatic rings. The van der Waals surface area contributed by atoms with E-state index in [0.717, 1.165) is 38.3 Å². The Kier molecular flexibility index (Phi) is 6.03. The third-order valence-electron chi connectivity index (χ3n) is 4.21.